The van der Waals surface area contributed by atoms with Gasteiger partial charge in [-0.1, -0.05) is 24.3 Å². The van der Waals surface area contributed by atoms with Crippen molar-refractivity contribution in [1.29, 1.82) is 0 Å². The maximum Gasteiger partial charge on any atom is 0.191 e. The first-order valence-electron chi connectivity index (χ1n) is 7.88. The first kappa shape index (κ1) is 20.8. The Morgan fingerprint density at radius 2 is 2.08 bits per heavy atom. The molecule has 0 aliphatic heterocycles. The van der Waals surface area contributed by atoms with Crippen LogP contribution in [0.15, 0.2) is 47.7 Å². The normalized spacial score (nSPS) is 11.0. The lowest BCUT2D eigenvalue weighted by Gasteiger charge is -2.11. The predicted molar refractivity (Wildman–Crippen MR) is 114 cm³/mol. The highest BCUT2D eigenvalue weighted by molar-refractivity contribution is 14.0. The zero-order valence-corrected chi connectivity index (χ0v) is 17.4. The molecular formula is C17H26IN5S. The molecule has 0 unspecified atom stereocenters. The van der Waals surface area contributed by atoms with Gasteiger partial charge < -0.3 is 10.6 Å². The summed E-state index contributed by atoms with van der Waals surface area (Å²) in [5, 5.41) is 10.9. The maximum absolute atomic E-state index is 4.66. The van der Waals surface area contributed by atoms with Gasteiger partial charge >= 0.3 is 0 Å². The zero-order chi connectivity index (χ0) is 16.3. The molecule has 0 atom stereocenters. The average molecular weight is 459 g/mol. The van der Waals surface area contributed by atoms with Crippen molar-refractivity contribution >= 4 is 41.7 Å². The molecule has 132 valence electrons. The number of benzene rings is 1. The summed E-state index contributed by atoms with van der Waals surface area (Å²) < 4.78 is 1.93. The molecule has 1 aromatic carbocycles. The Bertz CT molecular complexity index is 601. The van der Waals surface area contributed by atoms with Gasteiger partial charge in [-0.3, -0.25) is 4.68 Å². The van der Waals surface area contributed by atoms with Crippen molar-refractivity contribution in [3.05, 3.63) is 53.9 Å². The molecule has 1 heterocycles. The Labute approximate surface area is 165 Å². The third-order valence-electron chi connectivity index (χ3n) is 3.26. The second kappa shape index (κ2) is 12.2. The van der Waals surface area contributed by atoms with E-state index in [4.69, 9.17) is 0 Å². The molecule has 0 bridgehead atoms. The molecule has 0 saturated heterocycles. The highest BCUT2D eigenvalue weighted by Gasteiger charge is 2.00. The van der Waals surface area contributed by atoms with E-state index in [2.05, 4.69) is 58.2 Å². The molecule has 2 rings (SSSR count). The molecular weight excluding hydrogens is 433 g/mol. The van der Waals surface area contributed by atoms with Crippen molar-refractivity contribution in [3.63, 3.8) is 0 Å². The van der Waals surface area contributed by atoms with Crippen LogP contribution in [0.25, 0.3) is 0 Å². The van der Waals surface area contributed by atoms with Gasteiger partial charge in [0.05, 0.1) is 13.1 Å². The van der Waals surface area contributed by atoms with E-state index in [1.54, 1.807) is 6.20 Å². The molecule has 0 aliphatic carbocycles. The van der Waals surface area contributed by atoms with Crippen LogP contribution in [-0.4, -0.2) is 40.8 Å². The van der Waals surface area contributed by atoms with Crippen molar-refractivity contribution in [2.24, 2.45) is 4.99 Å². The summed E-state index contributed by atoms with van der Waals surface area (Å²) >= 11 is 1.83. The van der Waals surface area contributed by atoms with E-state index < -0.39 is 0 Å². The summed E-state index contributed by atoms with van der Waals surface area (Å²) in [6.45, 7) is 5.32. The van der Waals surface area contributed by atoms with Gasteiger partial charge in [-0.05, 0) is 30.4 Å². The summed E-state index contributed by atoms with van der Waals surface area (Å²) in [5.74, 6) is 1.95. The van der Waals surface area contributed by atoms with Crippen LogP contribution in [0, 0.1) is 0 Å². The van der Waals surface area contributed by atoms with Crippen LogP contribution >= 0.6 is 35.7 Å². The highest BCUT2D eigenvalue weighted by Crippen LogP contribution is 2.08. The molecule has 24 heavy (non-hydrogen) atoms. The van der Waals surface area contributed by atoms with Crippen LogP contribution in [0.3, 0.4) is 0 Å². The molecule has 0 aliphatic rings. The Morgan fingerprint density at radius 1 is 1.25 bits per heavy atom. The van der Waals surface area contributed by atoms with E-state index in [-0.39, 0.29) is 24.0 Å². The fourth-order valence-corrected chi connectivity index (χ4v) is 2.50. The molecule has 7 heteroatoms. The lowest BCUT2D eigenvalue weighted by atomic mass is 10.1. The Kier molecular flexibility index (Phi) is 10.6. The molecule has 0 fully saturated rings. The van der Waals surface area contributed by atoms with Crippen LogP contribution < -0.4 is 10.6 Å². The summed E-state index contributed by atoms with van der Waals surface area (Å²) in [5.41, 5.74) is 2.44. The molecule has 0 saturated carbocycles. The minimum Gasteiger partial charge on any atom is -0.357 e. The number of aliphatic imine (C=N–C) groups is 1. The average Bonchev–Trinajstić information content (AvgIpc) is 3.06. The van der Waals surface area contributed by atoms with Crippen molar-refractivity contribution in [2.75, 3.05) is 25.1 Å². The molecule has 0 spiro atoms. The van der Waals surface area contributed by atoms with Gasteiger partial charge in [0.15, 0.2) is 5.96 Å². The van der Waals surface area contributed by atoms with Crippen LogP contribution in [0.2, 0.25) is 0 Å². The lowest BCUT2D eigenvalue weighted by molar-refractivity contribution is 0.686. The van der Waals surface area contributed by atoms with Crippen molar-refractivity contribution in [1.82, 2.24) is 20.4 Å². The number of hydrogen-bond acceptors (Lipinski definition) is 3. The number of aromatic nitrogens is 2. The number of nitrogens with one attached hydrogen (secondary N) is 2. The van der Waals surface area contributed by atoms with Gasteiger partial charge in [0.25, 0.3) is 0 Å². The number of thioether (sulfide) groups is 1. The highest BCUT2D eigenvalue weighted by atomic mass is 127. The third kappa shape index (κ3) is 7.57. The van der Waals surface area contributed by atoms with Gasteiger partial charge in [0.2, 0.25) is 0 Å². The van der Waals surface area contributed by atoms with E-state index in [0.29, 0.717) is 6.54 Å². The summed E-state index contributed by atoms with van der Waals surface area (Å²) in [6, 6.07) is 10.4. The van der Waals surface area contributed by atoms with Gasteiger partial charge in [0.1, 0.15) is 0 Å². The van der Waals surface area contributed by atoms with E-state index in [1.807, 2.05) is 28.7 Å². The fourth-order valence-electron chi connectivity index (χ4n) is 2.19. The van der Waals surface area contributed by atoms with Gasteiger partial charge in [-0.25, -0.2) is 4.99 Å². The standard InChI is InChI=1S/C17H25N5S.HI/c1-3-18-17(19-9-11-23-2)20-13-15-6-4-7-16(12-15)14-22-10-5-8-21-22;/h4-8,10,12H,3,9,11,13-14H2,1-2H3,(H2,18,19,20);1H. The van der Waals surface area contributed by atoms with Crippen molar-refractivity contribution < 1.29 is 0 Å². The molecule has 2 N–H and O–H groups in total. The molecule has 5 nitrogen and oxygen atoms in total. The van der Waals surface area contributed by atoms with E-state index in [0.717, 1.165) is 31.3 Å². The quantitative estimate of drug-likeness (QED) is 0.276. The predicted octanol–water partition coefficient (Wildman–Crippen LogP) is 2.97. The SMILES string of the molecule is CCNC(=NCc1cccc(Cn2cccn2)c1)NCCSC.I. The largest absolute Gasteiger partial charge is 0.357 e. The first-order chi connectivity index (χ1) is 11.3. The second-order valence-electron chi connectivity index (χ2n) is 5.14. The lowest BCUT2D eigenvalue weighted by Crippen LogP contribution is -2.38. The maximum atomic E-state index is 4.66. The Hall–Kier alpha value is -1.22. The van der Waals surface area contributed by atoms with Crippen molar-refractivity contribution in [3.8, 4) is 0 Å². The number of hydrogen-bond donors (Lipinski definition) is 2. The number of halogens is 1. The minimum absolute atomic E-state index is 0. The van der Waals surface area contributed by atoms with Crippen LogP contribution in [0.5, 0.6) is 0 Å². The van der Waals surface area contributed by atoms with E-state index in [1.165, 1.54) is 11.1 Å². The molecule has 1 aromatic heterocycles. The summed E-state index contributed by atoms with van der Waals surface area (Å²) in [4.78, 5) is 4.66. The van der Waals surface area contributed by atoms with Crippen LogP contribution in [-0.2, 0) is 13.1 Å². The zero-order valence-electron chi connectivity index (χ0n) is 14.2. The monoisotopic (exact) mass is 459 g/mol. The van der Waals surface area contributed by atoms with E-state index >= 15 is 0 Å². The first-order valence-corrected chi connectivity index (χ1v) is 9.27. The number of nitrogens with zero attached hydrogens (tertiary/aromatic N) is 3. The third-order valence-corrected chi connectivity index (χ3v) is 3.87. The topological polar surface area (TPSA) is 54.2 Å². The fraction of sp³-hybridized carbons (Fsp3) is 0.412. The van der Waals surface area contributed by atoms with Gasteiger partial charge in [-0.2, -0.15) is 16.9 Å². The van der Waals surface area contributed by atoms with Crippen LogP contribution in [0.1, 0.15) is 18.1 Å². The molecule has 2 aromatic rings. The molecule has 0 amide bonds. The van der Waals surface area contributed by atoms with Crippen LogP contribution in [0.4, 0.5) is 0 Å². The van der Waals surface area contributed by atoms with Crippen molar-refractivity contribution in [2.45, 2.75) is 20.0 Å². The summed E-state index contributed by atoms with van der Waals surface area (Å²) in [6.07, 6.45) is 5.89. The minimum atomic E-state index is 0. The number of guanidine groups is 1. The summed E-state index contributed by atoms with van der Waals surface area (Å²) in [7, 11) is 0. The number of rotatable bonds is 8. The Balaban J connectivity index is 0.00000288. The van der Waals surface area contributed by atoms with Gasteiger partial charge in [0, 0.05) is 31.2 Å². The Morgan fingerprint density at radius 3 is 2.79 bits per heavy atom. The van der Waals surface area contributed by atoms with E-state index in [9.17, 15) is 0 Å². The second-order valence-corrected chi connectivity index (χ2v) is 6.12. The smallest absolute Gasteiger partial charge is 0.191 e. The van der Waals surface area contributed by atoms with Gasteiger partial charge in [-0.15, -0.1) is 24.0 Å². The molecule has 0 radical (unpaired) electrons.